The first kappa shape index (κ1) is 16.0. The molecule has 128 valence electrons. The van der Waals surface area contributed by atoms with Crippen molar-refractivity contribution in [1.82, 2.24) is 9.97 Å². The first-order valence-corrected chi connectivity index (χ1v) is 8.00. The lowest BCUT2D eigenvalue weighted by atomic mass is 10.1. The van der Waals surface area contributed by atoms with Crippen molar-refractivity contribution in [2.75, 3.05) is 5.32 Å². The lowest BCUT2D eigenvalue weighted by molar-refractivity contribution is 0.102. The molecule has 0 aliphatic carbocycles. The number of rotatable bonds is 3. The van der Waals surface area contributed by atoms with E-state index >= 15 is 0 Å². The summed E-state index contributed by atoms with van der Waals surface area (Å²) in [6.07, 6.45) is 3.00. The molecule has 26 heavy (non-hydrogen) atoms. The second-order valence-electron chi connectivity index (χ2n) is 5.75. The SMILES string of the molecule is Cc1oc2ccccc2c1-c1cnc(NC(=O)c2ccccc2F)cn1. The predicted octanol–water partition coefficient (Wildman–Crippen LogP) is 4.59. The van der Waals surface area contributed by atoms with Crippen molar-refractivity contribution in [1.29, 1.82) is 0 Å². The van der Waals surface area contributed by atoms with Crippen molar-refractivity contribution in [2.45, 2.75) is 6.92 Å². The number of carbonyl (C=O) groups excluding carboxylic acids is 1. The molecule has 0 saturated heterocycles. The van der Waals surface area contributed by atoms with E-state index in [0.717, 1.165) is 22.3 Å². The van der Waals surface area contributed by atoms with E-state index in [1.807, 2.05) is 31.2 Å². The van der Waals surface area contributed by atoms with E-state index in [4.69, 9.17) is 4.42 Å². The van der Waals surface area contributed by atoms with E-state index in [1.165, 1.54) is 24.4 Å². The zero-order valence-corrected chi connectivity index (χ0v) is 13.9. The van der Waals surface area contributed by atoms with Crippen LogP contribution in [0.15, 0.2) is 65.3 Å². The van der Waals surface area contributed by atoms with Crippen LogP contribution in [-0.2, 0) is 0 Å². The van der Waals surface area contributed by atoms with Gasteiger partial charge in [-0.1, -0.05) is 30.3 Å². The number of nitrogens with one attached hydrogen (secondary N) is 1. The van der Waals surface area contributed by atoms with Crippen LogP contribution in [0, 0.1) is 12.7 Å². The van der Waals surface area contributed by atoms with Crippen LogP contribution >= 0.6 is 0 Å². The van der Waals surface area contributed by atoms with Crippen LogP contribution < -0.4 is 5.32 Å². The number of furan rings is 1. The normalized spacial score (nSPS) is 10.8. The van der Waals surface area contributed by atoms with Gasteiger partial charge < -0.3 is 9.73 Å². The van der Waals surface area contributed by atoms with E-state index in [0.29, 0.717) is 5.69 Å². The van der Waals surface area contributed by atoms with E-state index in [-0.39, 0.29) is 11.4 Å². The molecular formula is C20H14FN3O2. The molecule has 0 atom stereocenters. The van der Waals surface area contributed by atoms with Crippen LogP contribution in [0.4, 0.5) is 10.2 Å². The minimum Gasteiger partial charge on any atom is -0.461 e. The molecule has 1 N–H and O–H groups in total. The lowest BCUT2D eigenvalue weighted by Gasteiger charge is -2.06. The molecule has 0 radical (unpaired) electrons. The summed E-state index contributed by atoms with van der Waals surface area (Å²) >= 11 is 0. The molecule has 2 aromatic carbocycles. The summed E-state index contributed by atoms with van der Waals surface area (Å²) in [4.78, 5) is 20.7. The Balaban J connectivity index is 1.62. The molecule has 0 aliphatic heterocycles. The fraction of sp³-hybridized carbons (Fsp3) is 0.0500. The van der Waals surface area contributed by atoms with Gasteiger partial charge in [-0.15, -0.1) is 0 Å². The van der Waals surface area contributed by atoms with Gasteiger partial charge in [0.2, 0.25) is 0 Å². The first-order chi connectivity index (χ1) is 12.6. The smallest absolute Gasteiger partial charge is 0.259 e. The van der Waals surface area contributed by atoms with Crippen LogP contribution in [0.5, 0.6) is 0 Å². The third-order valence-corrected chi connectivity index (χ3v) is 4.04. The number of aryl methyl sites for hydroxylation is 1. The van der Waals surface area contributed by atoms with Gasteiger partial charge in [0.25, 0.3) is 5.91 Å². The highest BCUT2D eigenvalue weighted by Gasteiger charge is 2.15. The summed E-state index contributed by atoms with van der Waals surface area (Å²) in [7, 11) is 0. The maximum atomic E-state index is 13.7. The number of halogens is 1. The van der Waals surface area contributed by atoms with Crippen LogP contribution in [0.2, 0.25) is 0 Å². The average molecular weight is 347 g/mol. The molecule has 2 heterocycles. The minimum atomic E-state index is -0.588. The third-order valence-electron chi connectivity index (χ3n) is 4.04. The second kappa shape index (κ2) is 6.40. The molecule has 0 spiro atoms. The number of anilines is 1. The molecule has 0 bridgehead atoms. The zero-order valence-electron chi connectivity index (χ0n) is 13.9. The summed E-state index contributed by atoms with van der Waals surface area (Å²) in [5, 5.41) is 3.49. The van der Waals surface area contributed by atoms with Gasteiger partial charge in [-0.25, -0.2) is 9.37 Å². The summed E-state index contributed by atoms with van der Waals surface area (Å²) in [6, 6.07) is 13.4. The highest BCUT2D eigenvalue weighted by Crippen LogP contribution is 2.32. The number of benzene rings is 2. The second-order valence-corrected chi connectivity index (χ2v) is 5.75. The van der Waals surface area contributed by atoms with Gasteiger partial charge in [0.15, 0.2) is 5.82 Å². The Morgan fingerprint density at radius 3 is 2.58 bits per heavy atom. The van der Waals surface area contributed by atoms with Gasteiger partial charge in [-0.3, -0.25) is 9.78 Å². The number of fused-ring (bicyclic) bond motifs is 1. The fourth-order valence-corrected chi connectivity index (χ4v) is 2.84. The lowest BCUT2D eigenvalue weighted by Crippen LogP contribution is -2.14. The summed E-state index contributed by atoms with van der Waals surface area (Å²) in [5.74, 6) is -0.179. The van der Waals surface area contributed by atoms with E-state index in [1.54, 1.807) is 12.3 Å². The largest absolute Gasteiger partial charge is 0.461 e. The number of hydrogen-bond donors (Lipinski definition) is 1. The Kier molecular flexibility index (Phi) is 3.93. The van der Waals surface area contributed by atoms with Crippen molar-refractivity contribution < 1.29 is 13.6 Å². The van der Waals surface area contributed by atoms with Gasteiger partial charge in [0.1, 0.15) is 17.2 Å². The number of para-hydroxylation sites is 1. The third kappa shape index (κ3) is 2.82. The monoisotopic (exact) mass is 347 g/mol. The summed E-state index contributed by atoms with van der Waals surface area (Å²) < 4.78 is 19.4. The number of aromatic nitrogens is 2. The molecule has 0 aliphatic rings. The highest BCUT2D eigenvalue weighted by atomic mass is 19.1. The maximum Gasteiger partial charge on any atom is 0.259 e. The average Bonchev–Trinajstić information content (AvgIpc) is 2.98. The molecule has 5 nitrogen and oxygen atoms in total. The standard InChI is InChI=1S/C20H14FN3O2/c1-12-19(14-7-3-5-9-17(14)26-12)16-10-23-18(11-22-16)24-20(25)13-6-2-4-8-15(13)21/h2-11H,1H3,(H,23,24,25). The topological polar surface area (TPSA) is 68.0 Å². The molecular weight excluding hydrogens is 333 g/mol. The Labute approximate surface area is 148 Å². The first-order valence-electron chi connectivity index (χ1n) is 8.00. The fourth-order valence-electron chi connectivity index (χ4n) is 2.84. The molecule has 0 saturated carbocycles. The molecule has 1 amide bonds. The maximum absolute atomic E-state index is 13.7. The van der Waals surface area contributed by atoms with Gasteiger partial charge >= 0.3 is 0 Å². The van der Waals surface area contributed by atoms with E-state index in [2.05, 4.69) is 15.3 Å². The molecule has 2 aromatic heterocycles. The Hall–Kier alpha value is -3.54. The van der Waals surface area contributed by atoms with Gasteiger partial charge in [0.05, 0.1) is 29.2 Å². The molecule has 4 aromatic rings. The van der Waals surface area contributed by atoms with Crippen LogP contribution in [0.25, 0.3) is 22.2 Å². The highest BCUT2D eigenvalue weighted by molar-refractivity contribution is 6.04. The van der Waals surface area contributed by atoms with Crippen molar-refractivity contribution >= 4 is 22.7 Å². The number of nitrogens with zero attached hydrogens (tertiary/aromatic N) is 2. The van der Waals surface area contributed by atoms with Gasteiger partial charge in [0, 0.05) is 5.39 Å². The number of amides is 1. The van der Waals surface area contributed by atoms with E-state index < -0.39 is 11.7 Å². The predicted molar refractivity (Wildman–Crippen MR) is 96.3 cm³/mol. The van der Waals surface area contributed by atoms with Crippen molar-refractivity contribution in [3.8, 4) is 11.3 Å². The van der Waals surface area contributed by atoms with Crippen molar-refractivity contribution in [3.63, 3.8) is 0 Å². The Morgan fingerprint density at radius 1 is 1.04 bits per heavy atom. The number of carbonyl (C=O) groups is 1. The molecule has 6 heteroatoms. The van der Waals surface area contributed by atoms with Gasteiger partial charge in [-0.2, -0.15) is 0 Å². The van der Waals surface area contributed by atoms with E-state index in [9.17, 15) is 9.18 Å². The zero-order chi connectivity index (χ0) is 18.1. The van der Waals surface area contributed by atoms with Crippen LogP contribution in [0.3, 0.4) is 0 Å². The summed E-state index contributed by atoms with van der Waals surface area (Å²) in [6.45, 7) is 1.87. The quantitative estimate of drug-likeness (QED) is 0.588. The molecule has 0 unspecified atom stereocenters. The van der Waals surface area contributed by atoms with Crippen LogP contribution in [-0.4, -0.2) is 15.9 Å². The van der Waals surface area contributed by atoms with Crippen molar-refractivity contribution in [3.05, 3.63) is 78.1 Å². The molecule has 0 fully saturated rings. The summed E-state index contributed by atoms with van der Waals surface area (Å²) in [5.41, 5.74) is 2.23. The van der Waals surface area contributed by atoms with Crippen molar-refractivity contribution in [2.24, 2.45) is 0 Å². The Morgan fingerprint density at radius 2 is 1.81 bits per heavy atom. The Bertz CT molecular complexity index is 1100. The van der Waals surface area contributed by atoms with Crippen LogP contribution in [0.1, 0.15) is 16.1 Å². The number of hydrogen-bond acceptors (Lipinski definition) is 4. The molecule has 4 rings (SSSR count). The van der Waals surface area contributed by atoms with Gasteiger partial charge in [-0.05, 0) is 25.1 Å². The minimum absolute atomic E-state index is 0.0463.